The van der Waals surface area contributed by atoms with Gasteiger partial charge in [0.2, 0.25) is 10.0 Å². The van der Waals surface area contributed by atoms with Crippen molar-refractivity contribution in [3.05, 3.63) is 82.3 Å². The smallest absolute Gasteiger partial charge is 0.247 e. The topological polar surface area (TPSA) is 67.9 Å². The third kappa shape index (κ3) is 3.66. The Bertz CT molecular complexity index is 1170. The zero-order valence-electron chi connectivity index (χ0n) is 16.5. The maximum absolute atomic E-state index is 13.6. The first-order valence-corrected chi connectivity index (χ1v) is 11.5. The summed E-state index contributed by atoms with van der Waals surface area (Å²) >= 11 is 3.51. The van der Waals surface area contributed by atoms with Crippen molar-refractivity contribution in [2.45, 2.75) is 17.6 Å². The van der Waals surface area contributed by atoms with Crippen molar-refractivity contribution < 1.29 is 17.9 Å². The van der Waals surface area contributed by atoms with Gasteiger partial charge in [-0.15, -0.1) is 0 Å². The van der Waals surface area contributed by atoms with Crippen LogP contribution in [-0.2, 0) is 16.6 Å². The number of nitrogens with zero attached hydrogens (tertiary/aromatic N) is 1. The van der Waals surface area contributed by atoms with Crippen molar-refractivity contribution in [3.63, 3.8) is 0 Å². The highest BCUT2D eigenvalue weighted by molar-refractivity contribution is 9.10. The zero-order valence-corrected chi connectivity index (χ0v) is 18.9. The molecule has 0 aliphatic carbocycles. The number of hydrogen-bond acceptors (Lipinski definition) is 5. The lowest BCUT2D eigenvalue weighted by Gasteiger charge is -2.37. The Morgan fingerprint density at radius 3 is 2.40 bits per heavy atom. The summed E-state index contributed by atoms with van der Waals surface area (Å²) in [6.07, 6.45) is -0.624. The lowest BCUT2D eigenvalue weighted by atomic mass is 10.1. The molecule has 0 fully saturated rings. The predicted octanol–water partition coefficient (Wildman–Crippen LogP) is 4.78. The van der Waals surface area contributed by atoms with E-state index in [9.17, 15) is 8.42 Å². The summed E-state index contributed by atoms with van der Waals surface area (Å²) in [6.45, 7) is 0.223. The second-order valence-corrected chi connectivity index (χ2v) is 9.53. The van der Waals surface area contributed by atoms with E-state index in [1.807, 2.05) is 42.5 Å². The molecule has 1 N–H and O–H groups in total. The molecule has 0 saturated heterocycles. The van der Waals surface area contributed by atoms with Gasteiger partial charge in [0.05, 0.1) is 24.4 Å². The fraction of sp³-hybridized carbons (Fsp3) is 0.182. The second-order valence-electron chi connectivity index (χ2n) is 6.82. The average molecular weight is 489 g/mol. The number of anilines is 1. The molecule has 0 spiro atoms. The maximum atomic E-state index is 13.6. The largest absolute Gasteiger partial charge is 0.493 e. The summed E-state index contributed by atoms with van der Waals surface area (Å²) in [6, 6.07) is 20.1. The molecule has 1 heterocycles. The summed E-state index contributed by atoms with van der Waals surface area (Å²) in [5.41, 5.74) is 2.19. The number of methoxy groups -OCH3 is 2. The van der Waals surface area contributed by atoms with Gasteiger partial charge in [0, 0.05) is 6.54 Å². The number of sulfonamides is 1. The number of nitrogens with one attached hydrogen (secondary N) is 1. The molecule has 3 aromatic rings. The van der Waals surface area contributed by atoms with Crippen molar-refractivity contribution in [1.82, 2.24) is 4.31 Å². The molecule has 4 rings (SSSR count). The minimum atomic E-state index is -3.74. The van der Waals surface area contributed by atoms with Crippen LogP contribution in [0, 0.1) is 0 Å². The summed E-state index contributed by atoms with van der Waals surface area (Å²) in [4.78, 5) is 0.261. The van der Waals surface area contributed by atoms with E-state index >= 15 is 0 Å². The highest BCUT2D eigenvalue weighted by atomic mass is 79.9. The Kier molecular flexibility index (Phi) is 5.73. The predicted molar refractivity (Wildman–Crippen MR) is 119 cm³/mol. The fourth-order valence-electron chi connectivity index (χ4n) is 3.58. The molecule has 0 bridgehead atoms. The standard InChI is InChI=1S/C22H21BrN2O4S/c1-28-19-13-16(12-17(23)21(19)29-2)22-24-18-10-6-7-11-20(18)30(26,27)25(22)14-15-8-4-3-5-9-15/h3-13,22,24H,14H2,1-2H3/t22-/m1/s1. The summed E-state index contributed by atoms with van der Waals surface area (Å²) in [5, 5.41) is 3.38. The lowest BCUT2D eigenvalue weighted by Crippen LogP contribution is -2.42. The molecule has 0 radical (unpaired) electrons. The van der Waals surface area contributed by atoms with Gasteiger partial charge in [-0.05, 0) is 51.3 Å². The Morgan fingerprint density at radius 2 is 1.70 bits per heavy atom. The van der Waals surface area contributed by atoms with Gasteiger partial charge in [-0.2, -0.15) is 4.31 Å². The number of halogens is 1. The van der Waals surface area contributed by atoms with Gasteiger partial charge in [-0.25, -0.2) is 8.42 Å². The summed E-state index contributed by atoms with van der Waals surface area (Å²) in [5.74, 6) is 1.06. The number of rotatable bonds is 5. The van der Waals surface area contributed by atoms with Crippen molar-refractivity contribution in [1.29, 1.82) is 0 Å². The second kappa shape index (κ2) is 8.29. The number of para-hydroxylation sites is 1. The SMILES string of the molecule is COc1cc([C@@H]2Nc3ccccc3S(=O)(=O)N2Cc2ccccc2)cc(Br)c1OC. The van der Waals surface area contributed by atoms with Gasteiger partial charge in [-0.3, -0.25) is 0 Å². The molecule has 156 valence electrons. The van der Waals surface area contributed by atoms with Crippen LogP contribution in [0.3, 0.4) is 0 Å². The molecule has 1 atom stereocenters. The number of ether oxygens (including phenoxy) is 2. The Labute approximate surface area is 184 Å². The molecule has 0 aromatic heterocycles. The van der Waals surface area contributed by atoms with E-state index in [1.165, 1.54) is 4.31 Å². The van der Waals surface area contributed by atoms with Gasteiger partial charge in [0.1, 0.15) is 11.1 Å². The van der Waals surface area contributed by atoms with Crippen LogP contribution < -0.4 is 14.8 Å². The van der Waals surface area contributed by atoms with Crippen LogP contribution in [0.5, 0.6) is 11.5 Å². The minimum Gasteiger partial charge on any atom is -0.493 e. The molecule has 0 amide bonds. The van der Waals surface area contributed by atoms with Crippen LogP contribution in [0.2, 0.25) is 0 Å². The molecule has 3 aromatic carbocycles. The quantitative estimate of drug-likeness (QED) is 0.559. The number of fused-ring (bicyclic) bond motifs is 1. The number of benzene rings is 3. The van der Waals surface area contributed by atoms with E-state index < -0.39 is 16.2 Å². The maximum Gasteiger partial charge on any atom is 0.247 e. The van der Waals surface area contributed by atoms with Crippen LogP contribution >= 0.6 is 15.9 Å². The molecular formula is C22H21BrN2O4S. The van der Waals surface area contributed by atoms with Gasteiger partial charge >= 0.3 is 0 Å². The first-order chi connectivity index (χ1) is 14.5. The van der Waals surface area contributed by atoms with Crippen molar-refractivity contribution in [3.8, 4) is 11.5 Å². The van der Waals surface area contributed by atoms with Crippen molar-refractivity contribution in [2.75, 3.05) is 19.5 Å². The van der Waals surface area contributed by atoms with Crippen LogP contribution in [0.1, 0.15) is 17.3 Å². The molecule has 0 unspecified atom stereocenters. The highest BCUT2D eigenvalue weighted by Crippen LogP contribution is 2.43. The number of hydrogen-bond donors (Lipinski definition) is 1. The van der Waals surface area contributed by atoms with Gasteiger partial charge < -0.3 is 14.8 Å². The Balaban J connectivity index is 1.87. The van der Waals surface area contributed by atoms with Gasteiger partial charge in [0.15, 0.2) is 11.5 Å². The monoisotopic (exact) mass is 488 g/mol. The first-order valence-electron chi connectivity index (χ1n) is 9.28. The zero-order chi connectivity index (χ0) is 21.3. The molecule has 8 heteroatoms. The molecule has 1 aliphatic rings. The highest BCUT2D eigenvalue weighted by Gasteiger charge is 2.39. The van der Waals surface area contributed by atoms with Crippen molar-refractivity contribution in [2.24, 2.45) is 0 Å². The van der Waals surface area contributed by atoms with E-state index in [-0.39, 0.29) is 11.4 Å². The first kappa shape index (κ1) is 20.7. The van der Waals surface area contributed by atoms with Crippen molar-refractivity contribution >= 4 is 31.6 Å². The molecule has 30 heavy (non-hydrogen) atoms. The van der Waals surface area contributed by atoms with E-state index in [2.05, 4.69) is 21.2 Å². The third-order valence-corrected chi connectivity index (χ3v) is 7.46. The molecule has 6 nitrogen and oxygen atoms in total. The molecule has 1 aliphatic heterocycles. The van der Waals surface area contributed by atoms with Gasteiger partial charge in [-0.1, -0.05) is 42.5 Å². The van der Waals surface area contributed by atoms with E-state index in [1.54, 1.807) is 38.5 Å². The van der Waals surface area contributed by atoms with E-state index in [4.69, 9.17) is 9.47 Å². The fourth-order valence-corrected chi connectivity index (χ4v) is 5.88. The molecular weight excluding hydrogens is 468 g/mol. The van der Waals surface area contributed by atoms with E-state index in [0.29, 0.717) is 21.7 Å². The van der Waals surface area contributed by atoms with Gasteiger partial charge in [0.25, 0.3) is 0 Å². The Hall–Kier alpha value is -2.55. The third-order valence-electron chi connectivity index (χ3n) is 5.01. The molecule has 0 saturated carbocycles. The van der Waals surface area contributed by atoms with Crippen LogP contribution in [-0.4, -0.2) is 26.9 Å². The summed E-state index contributed by atoms with van der Waals surface area (Å²) < 4.78 is 40.2. The normalized spacial score (nSPS) is 17.6. The summed E-state index contributed by atoms with van der Waals surface area (Å²) in [7, 11) is -0.632. The van der Waals surface area contributed by atoms with Crippen LogP contribution in [0.25, 0.3) is 0 Å². The van der Waals surface area contributed by atoms with Crippen LogP contribution in [0.15, 0.2) is 76.1 Å². The van der Waals surface area contributed by atoms with E-state index in [0.717, 1.165) is 11.1 Å². The lowest BCUT2D eigenvalue weighted by molar-refractivity contribution is 0.330. The average Bonchev–Trinajstić information content (AvgIpc) is 2.75. The minimum absolute atomic E-state index is 0.223. The van der Waals surface area contributed by atoms with Crippen LogP contribution in [0.4, 0.5) is 5.69 Å². The Morgan fingerprint density at radius 1 is 1.00 bits per heavy atom.